The number of rotatable bonds is 4. The summed E-state index contributed by atoms with van der Waals surface area (Å²) < 4.78 is 28.6. The van der Waals surface area contributed by atoms with E-state index in [1.165, 1.54) is 25.0 Å². The van der Waals surface area contributed by atoms with Crippen molar-refractivity contribution in [3.05, 3.63) is 33.8 Å². The fraction of sp³-hybridized carbons (Fsp3) is 0.625. The van der Waals surface area contributed by atoms with Crippen molar-refractivity contribution in [2.45, 2.75) is 44.8 Å². The Bertz CT molecular complexity index is 519. The lowest BCUT2D eigenvalue weighted by atomic mass is 10.0. The molecule has 2 fully saturated rings. The van der Waals surface area contributed by atoms with Gasteiger partial charge >= 0.3 is 0 Å². The van der Waals surface area contributed by atoms with Gasteiger partial charge in [0.05, 0.1) is 4.47 Å². The maximum absolute atomic E-state index is 14.2. The van der Waals surface area contributed by atoms with Gasteiger partial charge in [0.1, 0.15) is 11.6 Å². The second-order valence-corrected chi connectivity index (χ2v) is 7.02. The highest BCUT2D eigenvalue weighted by Crippen LogP contribution is 2.37. The minimum Gasteiger partial charge on any atom is -0.311 e. The van der Waals surface area contributed by atoms with E-state index in [0.29, 0.717) is 29.0 Å². The van der Waals surface area contributed by atoms with Crippen molar-refractivity contribution in [3.8, 4) is 0 Å². The molecule has 1 saturated heterocycles. The van der Waals surface area contributed by atoms with Gasteiger partial charge in [0.15, 0.2) is 0 Å². The fourth-order valence-corrected chi connectivity index (χ4v) is 3.59. The Morgan fingerprint density at radius 2 is 2.10 bits per heavy atom. The number of benzene rings is 1. The van der Waals surface area contributed by atoms with E-state index in [1.54, 1.807) is 0 Å². The number of nitrogens with zero attached hydrogens (tertiary/aromatic N) is 1. The molecule has 2 aliphatic rings. The molecule has 2 nitrogen and oxygen atoms in total. The summed E-state index contributed by atoms with van der Waals surface area (Å²) in [5, 5.41) is 3.56. The molecule has 21 heavy (non-hydrogen) atoms. The van der Waals surface area contributed by atoms with Crippen LogP contribution >= 0.6 is 15.9 Å². The van der Waals surface area contributed by atoms with E-state index in [4.69, 9.17) is 0 Å². The Labute approximate surface area is 133 Å². The Kier molecular flexibility index (Phi) is 4.62. The van der Waals surface area contributed by atoms with E-state index in [0.717, 1.165) is 19.5 Å². The van der Waals surface area contributed by atoms with E-state index in [9.17, 15) is 8.78 Å². The number of halogens is 3. The van der Waals surface area contributed by atoms with E-state index < -0.39 is 11.6 Å². The Hall–Kier alpha value is -0.520. The van der Waals surface area contributed by atoms with Crippen LogP contribution in [0.2, 0.25) is 0 Å². The number of hydrogen-bond donors (Lipinski definition) is 1. The molecule has 5 heteroatoms. The Morgan fingerprint density at radius 3 is 2.76 bits per heavy atom. The van der Waals surface area contributed by atoms with Crippen LogP contribution in [0.15, 0.2) is 16.6 Å². The van der Waals surface area contributed by atoms with Crippen molar-refractivity contribution in [2.24, 2.45) is 5.92 Å². The van der Waals surface area contributed by atoms with Gasteiger partial charge < -0.3 is 5.32 Å². The summed E-state index contributed by atoms with van der Waals surface area (Å²) in [5.74, 6) is -0.221. The van der Waals surface area contributed by atoms with Gasteiger partial charge in [0.25, 0.3) is 0 Å². The van der Waals surface area contributed by atoms with Crippen molar-refractivity contribution in [1.82, 2.24) is 10.2 Å². The lowest BCUT2D eigenvalue weighted by molar-refractivity contribution is 0.103. The molecule has 116 valence electrons. The molecule has 1 N–H and O–H groups in total. The highest BCUT2D eigenvalue weighted by atomic mass is 79.9. The van der Waals surface area contributed by atoms with E-state index in [-0.39, 0.29) is 5.56 Å². The molecule has 0 amide bonds. The second-order valence-electron chi connectivity index (χ2n) is 6.17. The van der Waals surface area contributed by atoms with Gasteiger partial charge in [0.2, 0.25) is 0 Å². The van der Waals surface area contributed by atoms with Gasteiger partial charge in [-0.1, -0.05) is 6.92 Å². The first-order valence-corrected chi connectivity index (χ1v) is 8.49. The second kappa shape index (κ2) is 6.31. The third-order valence-electron chi connectivity index (χ3n) is 4.70. The van der Waals surface area contributed by atoms with Crippen LogP contribution in [-0.2, 0) is 6.54 Å². The summed E-state index contributed by atoms with van der Waals surface area (Å²) in [6.07, 6.45) is 3.52. The predicted molar refractivity (Wildman–Crippen MR) is 83.1 cm³/mol. The monoisotopic (exact) mass is 358 g/mol. The topological polar surface area (TPSA) is 15.3 Å². The van der Waals surface area contributed by atoms with Crippen LogP contribution in [-0.4, -0.2) is 30.1 Å². The summed E-state index contributed by atoms with van der Waals surface area (Å²) in [6.45, 7) is 4.30. The van der Waals surface area contributed by atoms with Crippen molar-refractivity contribution in [3.63, 3.8) is 0 Å². The molecule has 1 aromatic carbocycles. The average molecular weight is 359 g/mol. The first kappa shape index (κ1) is 15.4. The van der Waals surface area contributed by atoms with Crippen LogP contribution in [0.3, 0.4) is 0 Å². The summed E-state index contributed by atoms with van der Waals surface area (Å²) in [5.41, 5.74) is 0.187. The van der Waals surface area contributed by atoms with Crippen LogP contribution in [0.1, 0.15) is 31.7 Å². The predicted octanol–water partition coefficient (Wildman–Crippen LogP) is 3.69. The van der Waals surface area contributed by atoms with E-state index in [1.807, 2.05) is 0 Å². The highest BCUT2D eigenvalue weighted by Gasteiger charge is 2.38. The summed E-state index contributed by atoms with van der Waals surface area (Å²) >= 11 is 3.15. The smallest absolute Gasteiger partial charge is 0.144 e. The molecule has 1 heterocycles. The van der Waals surface area contributed by atoms with Crippen molar-refractivity contribution in [2.75, 3.05) is 13.1 Å². The van der Waals surface area contributed by atoms with Gasteiger partial charge in [-0.15, -0.1) is 0 Å². The van der Waals surface area contributed by atoms with Crippen LogP contribution in [0.4, 0.5) is 8.78 Å². The van der Waals surface area contributed by atoms with E-state index >= 15 is 0 Å². The molecular formula is C16H21BrF2N2. The van der Waals surface area contributed by atoms with Crippen molar-refractivity contribution in [1.29, 1.82) is 0 Å². The standard InChI is InChI=1S/C16H21BrF2N2/c1-2-11-8-21(15(7-20-11)10-3-4-10)9-12-14(18)6-5-13(17)16(12)19/h5-6,10-11,15,20H,2-4,7-9H2,1H3. The largest absolute Gasteiger partial charge is 0.311 e. The molecule has 2 atom stereocenters. The zero-order valence-corrected chi connectivity index (χ0v) is 13.8. The maximum atomic E-state index is 14.2. The molecule has 1 saturated carbocycles. The van der Waals surface area contributed by atoms with E-state index in [2.05, 4.69) is 33.1 Å². The van der Waals surface area contributed by atoms with Gasteiger partial charge in [0, 0.05) is 37.3 Å². The molecule has 0 spiro atoms. The minimum absolute atomic E-state index is 0.187. The van der Waals surface area contributed by atoms with Crippen LogP contribution < -0.4 is 5.32 Å². The Morgan fingerprint density at radius 1 is 1.33 bits per heavy atom. The molecular weight excluding hydrogens is 338 g/mol. The SMILES string of the molecule is CCC1CN(Cc2c(F)ccc(Br)c2F)C(C2CC2)CN1. The molecule has 1 aromatic rings. The average Bonchev–Trinajstić information content (AvgIpc) is 3.32. The zero-order valence-electron chi connectivity index (χ0n) is 12.2. The zero-order chi connectivity index (χ0) is 15.0. The molecule has 0 aromatic heterocycles. The molecule has 0 bridgehead atoms. The minimum atomic E-state index is -0.462. The summed E-state index contributed by atoms with van der Waals surface area (Å²) in [6, 6.07) is 3.59. The van der Waals surface area contributed by atoms with Crippen molar-refractivity contribution < 1.29 is 8.78 Å². The van der Waals surface area contributed by atoms with Crippen LogP contribution in [0, 0.1) is 17.6 Å². The first-order chi connectivity index (χ1) is 10.1. The number of nitrogens with one attached hydrogen (secondary N) is 1. The molecule has 3 rings (SSSR count). The molecule has 1 aliphatic heterocycles. The maximum Gasteiger partial charge on any atom is 0.144 e. The van der Waals surface area contributed by atoms with Gasteiger partial charge in [-0.2, -0.15) is 0 Å². The summed E-state index contributed by atoms with van der Waals surface area (Å²) in [7, 11) is 0. The molecule has 0 radical (unpaired) electrons. The number of hydrogen-bond acceptors (Lipinski definition) is 2. The first-order valence-electron chi connectivity index (χ1n) is 7.70. The third kappa shape index (κ3) is 3.30. The lowest BCUT2D eigenvalue weighted by Gasteiger charge is -2.40. The normalized spacial score (nSPS) is 27.0. The highest BCUT2D eigenvalue weighted by molar-refractivity contribution is 9.10. The fourth-order valence-electron chi connectivity index (χ4n) is 3.22. The lowest BCUT2D eigenvalue weighted by Crippen LogP contribution is -2.56. The van der Waals surface area contributed by atoms with Gasteiger partial charge in [-0.05, 0) is 53.2 Å². The number of piperazine rings is 1. The van der Waals surface area contributed by atoms with Crippen LogP contribution in [0.25, 0.3) is 0 Å². The van der Waals surface area contributed by atoms with Gasteiger partial charge in [-0.25, -0.2) is 8.78 Å². The Balaban J connectivity index is 1.81. The molecule has 1 aliphatic carbocycles. The third-order valence-corrected chi connectivity index (χ3v) is 5.31. The van der Waals surface area contributed by atoms with Crippen LogP contribution in [0.5, 0.6) is 0 Å². The summed E-state index contributed by atoms with van der Waals surface area (Å²) in [4.78, 5) is 2.27. The van der Waals surface area contributed by atoms with Gasteiger partial charge in [-0.3, -0.25) is 4.90 Å². The molecule has 2 unspecified atom stereocenters. The quantitative estimate of drug-likeness (QED) is 0.825. The van der Waals surface area contributed by atoms with Crippen molar-refractivity contribution >= 4 is 15.9 Å².